The van der Waals surface area contributed by atoms with Crippen molar-refractivity contribution in [2.75, 3.05) is 46.1 Å². The Morgan fingerprint density at radius 3 is 2.48 bits per heavy atom. The van der Waals surface area contributed by atoms with Crippen molar-refractivity contribution in [1.82, 2.24) is 15.2 Å². The van der Waals surface area contributed by atoms with Crippen molar-refractivity contribution >= 4 is 35.1 Å². The molecule has 0 bridgehead atoms. The molecule has 4 aromatic rings. The number of carbonyl (C=O) groups is 2. The molecule has 58 heavy (non-hydrogen) atoms. The molecule has 308 valence electrons. The highest BCUT2D eigenvalue weighted by Crippen LogP contribution is 2.39. The molecule has 0 aliphatic carbocycles. The third-order valence-corrected chi connectivity index (χ3v) is 11.0. The second-order valence-corrected chi connectivity index (χ2v) is 15.2. The minimum absolute atomic E-state index is 0.000691. The second-order valence-electron chi connectivity index (χ2n) is 14.4. The number of aliphatic hydroxyl groups excluding tert-OH is 2. The topological polar surface area (TPSA) is 184 Å². The number of pyridine rings is 1. The lowest BCUT2D eigenvalue weighted by Crippen LogP contribution is -2.52. The predicted octanol–water partition coefficient (Wildman–Crippen LogP) is 6.34. The van der Waals surface area contributed by atoms with E-state index in [1.54, 1.807) is 31.3 Å². The van der Waals surface area contributed by atoms with Gasteiger partial charge in [-0.15, -0.1) is 0 Å². The Bertz CT molecular complexity index is 2130. The van der Waals surface area contributed by atoms with Gasteiger partial charge in [-0.3, -0.25) is 19.9 Å². The highest BCUT2D eigenvalue weighted by molar-refractivity contribution is 6.35. The third-order valence-electron chi connectivity index (χ3n) is 10.3. The maximum Gasteiger partial charge on any atom is 0.326 e. The molecule has 15 heteroatoms. The van der Waals surface area contributed by atoms with E-state index in [2.05, 4.69) is 21.3 Å². The van der Waals surface area contributed by atoms with Crippen LogP contribution in [0.15, 0.2) is 67.0 Å². The lowest BCUT2D eigenvalue weighted by atomic mass is 9.88. The molecule has 0 saturated carbocycles. The molecule has 1 aromatic heterocycles. The van der Waals surface area contributed by atoms with Crippen molar-refractivity contribution in [3.63, 3.8) is 0 Å². The minimum atomic E-state index is -1.61. The van der Waals surface area contributed by atoms with Gasteiger partial charge < -0.3 is 39.2 Å². The van der Waals surface area contributed by atoms with Crippen molar-refractivity contribution in [2.45, 2.75) is 58.9 Å². The van der Waals surface area contributed by atoms with Crippen LogP contribution in [0, 0.1) is 23.7 Å². The first kappa shape index (κ1) is 44.2. The molecule has 0 radical (unpaired) electrons. The van der Waals surface area contributed by atoms with Crippen LogP contribution in [0.2, 0.25) is 10.0 Å². The Morgan fingerprint density at radius 1 is 1.00 bits per heavy atom. The number of carbonyl (C=O) groups excluding carboxylic acids is 1. The molecule has 1 unspecified atom stereocenters. The summed E-state index contributed by atoms with van der Waals surface area (Å²) in [6, 6.07) is 18.4. The number of aliphatic carboxylic acids is 1. The van der Waals surface area contributed by atoms with Crippen LogP contribution in [0.4, 0.5) is 0 Å². The summed E-state index contributed by atoms with van der Waals surface area (Å²) >= 11 is 13.7. The van der Waals surface area contributed by atoms with Crippen LogP contribution in [-0.2, 0) is 34.1 Å². The normalized spacial score (nSPS) is 16.3. The summed E-state index contributed by atoms with van der Waals surface area (Å²) in [7, 11) is 0. The number of carboxylic acid groups (broad SMARTS) is 1. The molecule has 1 aliphatic heterocycles. The van der Waals surface area contributed by atoms with Gasteiger partial charge in [0.1, 0.15) is 47.5 Å². The number of esters is 1. The molecule has 2 heterocycles. The van der Waals surface area contributed by atoms with E-state index in [4.69, 9.17) is 42.1 Å². The van der Waals surface area contributed by atoms with Crippen molar-refractivity contribution in [2.24, 2.45) is 5.41 Å². The Labute approximate surface area is 348 Å². The quantitative estimate of drug-likeness (QED) is 0.0573. The van der Waals surface area contributed by atoms with Gasteiger partial charge in [0.2, 0.25) is 0 Å². The number of nitriles is 1. The van der Waals surface area contributed by atoms with Gasteiger partial charge in [-0.1, -0.05) is 53.5 Å². The van der Waals surface area contributed by atoms with Crippen LogP contribution < -0.4 is 19.5 Å². The van der Waals surface area contributed by atoms with Crippen LogP contribution in [0.1, 0.15) is 54.5 Å². The highest BCUT2D eigenvalue weighted by atomic mass is 35.5. The van der Waals surface area contributed by atoms with Gasteiger partial charge in [-0.2, -0.15) is 5.26 Å². The zero-order valence-electron chi connectivity index (χ0n) is 32.7. The van der Waals surface area contributed by atoms with Gasteiger partial charge in [-0.25, -0.2) is 0 Å². The number of rotatable bonds is 20. The van der Waals surface area contributed by atoms with E-state index in [0.29, 0.717) is 78.0 Å². The number of halogens is 2. The largest absolute Gasteiger partial charge is 0.492 e. The number of carboxylic acids is 1. The van der Waals surface area contributed by atoms with Crippen LogP contribution in [0.3, 0.4) is 0 Å². The zero-order chi connectivity index (χ0) is 41.9. The van der Waals surface area contributed by atoms with E-state index in [0.717, 1.165) is 22.3 Å². The van der Waals surface area contributed by atoms with Crippen LogP contribution in [0.5, 0.6) is 17.2 Å². The number of nitrogens with zero attached hydrogens (tertiary/aromatic N) is 3. The SMILES string of the molecule is CCOC(=O)C1(CO)CCN(CCCOc2cccc(-c3cccc(COc4cc(OCc5cncc(C#N)c5)c(CN[C@](C)(CO)C(=O)O)cc4Cl)c3C)c2Cl)C1. The number of likely N-dealkylation sites (tertiary alicyclic amines) is 1. The molecule has 2 atom stereocenters. The zero-order valence-corrected chi connectivity index (χ0v) is 34.2. The number of benzene rings is 3. The summed E-state index contributed by atoms with van der Waals surface area (Å²) in [6.45, 7) is 6.93. The lowest BCUT2D eigenvalue weighted by Gasteiger charge is -2.25. The van der Waals surface area contributed by atoms with Gasteiger partial charge in [0.05, 0.1) is 42.0 Å². The van der Waals surface area contributed by atoms with Gasteiger partial charge >= 0.3 is 11.9 Å². The summed E-state index contributed by atoms with van der Waals surface area (Å²) in [4.78, 5) is 30.5. The number of hydrogen-bond donors (Lipinski definition) is 4. The molecule has 4 N–H and O–H groups in total. The van der Waals surface area contributed by atoms with E-state index in [9.17, 15) is 30.2 Å². The average Bonchev–Trinajstić information content (AvgIpc) is 3.66. The van der Waals surface area contributed by atoms with Crippen LogP contribution in [0.25, 0.3) is 11.1 Å². The molecular formula is C43H48Cl2N4O9. The molecule has 13 nitrogen and oxygen atoms in total. The first-order valence-corrected chi connectivity index (χ1v) is 19.6. The van der Waals surface area contributed by atoms with E-state index in [1.807, 2.05) is 43.3 Å². The summed E-state index contributed by atoms with van der Waals surface area (Å²) < 4.78 is 23.8. The third kappa shape index (κ3) is 10.6. The monoisotopic (exact) mass is 834 g/mol. The lowest BCUT2D eigenvalue weighted by molar-refractivity contribution is -0.157. The molecular weight excluding hydrogens is 787 g/mol. The molecule has 5 rings (SSSR count). The summed E-state index contributed by atoms with van der Waals surface area (Å²) in [5.74, 6) is -0.356. The fraction of sp³-hybridized carbons (Fsp3) is 0.395. The number of aliphatic hydroxyl groups is 2. The van der Waals surface area contributed by atoms with Crippen molar-refractivity contribution in [3.8, 4) is 34.4 Å². The van der Waals surface area contributed by atoms with Crippen molar-refractivity contribution in [1.29, 1.82) is 5.26 Å². The molecule has 3 aromatic carbocycles. The smallest absolute Gasteiger partial charge is 0.326 e. The Balaban J connectivity index is 1.27. The van der Waals surface area contributed by atoms with Gasteiger partial charge in [0.25, 0.3) is 0 Å². The van der Waals surface area contributed by atoms with Crippen molar-refractivity contribution < 1.29 is 43.9 Å². The number of aromatic nitrogens is 1. The second kappa shape index (κ2) is 20.2. The maximum atomic E-state index is 12.5. The summed E-state index contributed by atoms with van der Waals surface area (Å²) in [5.41, 5.74) is 2.53. The molecule has 1 aliphatic rings. The van der Waals surface area contributed by atoms with E-state index >= 15 is 0 Å². The Kier molecular flexibility index (Phi) is 15.3. The fourth-order valence-electron chi connectivity index (χ4n) is 6.62. The number of nitrogens with one attached hydrogen (secondary N) is 1. The standard InChI is InChI=1S/C43H48Cl2N4O9/c1-4-55-41(54)43(27-51)12-14-49(25-43)13-7-15-56-36-11-6-10-34(39(36)45)33-9-5-8-31(28(33)2)24-58-38-18-37(57-23-30-16-29(19-46)20-47-21-30)32(17-35(38)44)22-48-42(3,26-50)40(52)53/h5-6,8-11,16-18,20-21,48,50-51H,4,7,12-15,22-27H2,1-3H3,(H,52,53)/t42-,43?/m1/s1. The Morgan fingerprint density at radius 2 is 1.76 bits per heavy atom. The first-order valence-electron chi connectivity index (χ1n) is 18.9. The highest BCUT2D eigenvalue weighted by Gasteiger charge is 2.45. The minimum Gasteiger partial charge on any atom is -0.492 e. The number of ether oxygens (including phenoxy) is 4. The Hall–Kier alpha value is -4.94. The predicted molar refractivity (Wildman–Crippen MR) is 218 cm³/mol. The summed E-state index contributed by atoms with van der Waals surface area (Å²) in [6.07, 6.45) is 4.27. The van der Waals surface area contributed by atoms with Gasteiger partial charge in [0, 0.05) is 54.8 Å². The number of hydrogen-bond acceptors (Lipinski definition) is 12. The molecule has 0 amide bonds. The molecule has 0 spiro atoms. The van der Waals surface area contributed by atoms with E-state index in [-0.39, 0.29) is 44.0 Å². The van der Waals surface area contributed by atoms with Crippen LogP contribution >= 0.6 is 23.2 Å². The molecule has 1 saturated heterocycles. The fourth-order valence-corrected chi connectivity index (χ4v) is 7.14. The average molecular weight is 836 g/mol. The molecule has 1 fully saturated rings. The van der Waals surface area contributed by atoms with Crippen LogP contribution in [-0.4, -0.2) is 88.7 Å². The van der Waals surface area contributed by atoms with E-state index in [1.165, 1.54) is 13.1 Å². The van der Waals surface area contributed by atoms with Crippen molar-refractivity contribution in [3.05, 3.63) is 105 Å². The van der Waals surface area contributed by atoms with Gasteiger partial charge in [-0.05, 0) is 75.0 Å². The maximum absolute atomic E-state index is 12.5. The first-order chi connectivity index (χ1) is 27.9. The van der Waals surface area contributed by atoms with Gasteiger partial charge in [0.15, 0.2) is 0 Å². The van der Waals surface area contributed by atoms with E-state index < -0.39 is 23.5 Å². The summed E-state index contributed by atoms with van der Waals surface area (Å²) in [5, 5.41) is 42.3.